The molecule has 420 valence electrons. The van der Waals surface area contributed by atoms with Crippen molar-refractivity contribution in [3.05, 3.63) is 24.3 Å². The number of fused-ring (bicyclic) bond motifs is 10. The van der Waals surface area contributed by atoms with Crippen molar-refractivity contribution >= 4 is 209 Å². The lowest BCUT2D eigenvalue weighted by molar-refractivity contribution is 0.0820. The van der Waals surface area contributed by atoms with Gasteiger partial charge in [-0.25, -0.2) is 0 Å². The van der Waals surface area contributed by atoms with E-state index in [1.54, 1.807) is 0 Å². The van der Waals surface area contributed by atoms with E-state index in [4.69, 9.17) is 27.5 Å². The maximum absolute atomic E-state index is 13.4. The quantitative estimate of drug-likeness (QED) is 0.0383. The molecule has 0 saturated heterocycles. The Hall–Kier alpha value is -12.1. The summed E-state index contributed by atoms with van der Waals surface area (Å²) in [6, 6.07) is 5.72. The normalized spacial score (nSPS) is 12.7. The molecule has 0 aliphatic rings. The number of aromatic nitrogens is 4. The van der Waals surface area contributed by atoms with E-state index in [2.05, 4.69) is 0 Å². The average Bonchev–Trinajstić information content (AvgIpc) is 1.50. The highest BCUT2D eigenvalue weighted by atomic mass is 17.0. The monoisotopic (exact) mass is 1160 g/mol. The minimum atomic E-state index is -1.29. The number of phenolic OH excluding ortho intramolecular Hbond substituents is 17. The first kappa shape index (κ1) is 48.6. The molecule has 9 aromatic carbocycles. The number of phenols is 17. The van der Waals surface area contributed by atoms with Crippen molar-refractivity contribution in [2.24, 2.45) is 0 Å². The molecule has 17 aromatic rings. The van der Waals surface area contributed by atoms with Crippen molar-refractivity contribution in [3.63, 3.8) is 0 Å². The predicted octanol–water partition coefficient (Wildman–Crippen LogP) is 1.46. The van der Waals surface area contributed by atoms with Crippen molar-refractivity contribution in [3.8, 4) is 109 Å². The lowest BCUT2D eigenvalue weighted by atomic mass is 9.81. The summed E-state index contributed by atoms with van der Waals surface area (Å²) < 4.78 is 40.2. The van der Waals surface area contributed by atoms with Gasteiger partial charge in [0, 0.05) is 38.3 Å². The van der Waals surface area contributed by atoms with Gasteiger partial charge in [0.1, 0.15) is 83.8 Å². The molecule has 0 unspecified atom stereocenters. The Labute approximate surface area is 473 Å². The molecule has 17 rings (SSSR count). The van der Waals surface area contributed by atoms with Crippen LogP contribution in [0.25, 0.3) is 154 Å². The van der Waals surface area contributed by atoms with Crippen LogP contribution >= 0.6 is 0 Å². The molecule has 0 bridgehead atoms. The Morgan fingerprint density at radius 2 is 0.640 bits per heavy atom. The summed E-state index contributed by atoms with van der Waals surface area (Å²) in [5.41, 5.74) is -6.04. The Morgan fingerprint density at radius 1 is 0.233 bits per heavy atom. The number of benzene rings is 9. The molecule has 0 spiro atoms. The number of hydrogen-bond donors (Lipinski definition) is 17. The minimum Gasteiger partial charge on any atom is -0.509 e. The van der Waals surface area contributed by atoms with Crippen molar-refractivity contribution in [1.82, 2.24) is 17.9 Å². The van der Waals surface area contributed by atoms with E-state index in [-0.39, 0.29) is 132 Å². The summed E-state index contributed by atoms with van der Waals surface area (Å²) in [6.07, 6.45) is 0. The van der Waals surface area contributed by atoms with E-state index < -0.39 is 147 Å². The summed E-state index contributed by atoms with van der Waals surface area (Å²) >= 11 is 0. The molecule has 32 heteroatoms. The Balaban J connectivity index is 1.11. The largest absolute Gasteiger partial charge is 0.509 e. The average molecular weight is 1160 g/mol. The zero-order valence-electron chi connectivity index (χ0n) is 44.2. The molecule has 27 nitrogen and oxygen atoms in total. The van der Waals surface area contributed by atoms with Gasteiger partial charge in [-0.15, -0.1) is 0 Å². The van der Waals surface area contributed by atoms with E-state index >= 15 is 0 Å². The van der Waals surface area contributed by atoms with E-state index in [1.165, 1.54) is 76.9 Å². The number of nitrogens with zero attached hydrogens (tertiary/aromatic N) is 4. The van der Waals surface area contributed by atoms with Gasteiger partial charge in [-0.3, -0.25) is 31.9 Å². The Bertz CT molecular complexity index is 6180. The van der Waals surface area contributed by atoms with Crippen LogP contribution < -0.4 is 27.3 Å². The van der Waals surface area contributed by atoms with E-state index in [1.807, 2.05) is 0 Å². The van der Waals surface area contributed by atoms with E-state index in [0.29, 0.717) is 0 Å². The second-order valence-corrected chi connectivity index (χ2v) is 21.6. The molecule has 0 aliphatic heterocycles. The van der Waals surface area contributed by atoms with Crippen LogP contribution in [-0.2, 0) is 0 Å². The van der Waals surface area contributed by atoms with Gasteiger partial charge in [0.05, 0.1) is 49.0 Å². The van der Waals surface area contributed by atoms with Crippen LogP contribution in [0.3, 0.4) is 0 Å². The summed E-state index contributed by atoms with van der Waals surface area (Å²) in [5, 5.41) is 200. The minimum absolute atomic E-state index is 0.00190. The predicted molar refractivity (Wildman–Crippen MR) is 320 cm³/mol. The lowest BCUT2D eigenvalue weighted by Gasteiger charge is -2.16. The highest BCUT2D eigenvalue weighted by molar-refractivity contribution is 6.53. The van der Waals surface area contributed by atoms with Crippen molar-refractivity contribution in [2.75, 3.05) is 0 Å². The topological polar surface area (TPSA) is 441 Å². The van der Waals surface area contributed by atoms with E-state index in [0.717, 1.165) is 4.57 Å². The number of rotatable bonds is 2. The van der Waals surface area contributed by atoms with Gasteiger partial charge in [0.15, 0.2) is 57.5 Å². The maximum atomic E-state index is 13.4. The van der Waals surface area contributed by atoms with Gasteiger partial charge < -0.3 is 100 Å². The highest BCUT2D eigenvalue weighted by Crippen LogP contribution is 2.61. The standard InChI is InChI=1S/C54H31B5N4O23/c55-17-9-13-24(19(57)39(71)43(75)33(13)65)60(25(9)37(69)21(59)36(17)68)5-2-1-3-6(4-5)61-26-15(34(66)44(76)45(77)41(26)73)14-27(61)42(74)54-31(32(14)64)63-23-7-8-16-22-12(35(67)46(78)50(16)82-81-49(8)40(72)20(23)58)10-18(56)38(70)47(79)51-28(10)62(22)29-11(7)30(63)53(85-86-54)48(80)52(29)84-83-51/h1-4,64-80H,55-59H2. The number of aromatic hydroxyl groups is 17. The molecule has 8 aromatic heterocycles. The molecule has 0 amide bonds. The smallest absolute Gasteiger partial charge is 0.250 e. The fourth-order valence-corrected chi connectivity index (χ4v) is 13.9. The van der Waals surface area contributed by atoms with Crippen LogP contribution in [-0.4, -0.2) is 144 Å². The molecule has 17 N–H and O–H groups in total. The van der Waals surface area contributed by atoms with Crippen molar-refractivity contribution in [1.29, 1.82) is 0 Å². The molecule has 8 heterocycles. The Morgan fingerprint density at radius 3 is 1.28 bits per heavy atom. The molecular weight excluding hydrogens is 1130 g/mol. The van der Waals surface area contributed by atoms with Gasteiger partial charge in [0.2, 0.25) is 62.2 Å². The first-order chi connectivity index (χ1) is 41.0. The highest BCUT2D eigenvalue weighted by Gasteiger charge is 2.40. The SMILES string of the molecule is Bc1c(O)c(B)c2c3c(O)c(O)c(O)c(B)c3n(-c3cccc(-n4c5c(O)c(O)c(O)c(O)c5c5c(O)c6c(ooc7c(O)c8ooc9c(O)c(O)c(B)c%10c%11c(O)c(O)c%12ooc%13c(O)c(B)c%14c%15c%13c%12c%11n(c9%10)c8c%15c7n6%14)c(O)c54)c3)c2c1O. The third kappa shape index (κ3) is 4.85. The molecule has 0 atom stereocenters. The molecule has 0 fully saturated rings. The van der Waals surface area contributed by atoms with Crippen molar-refractivity contribution in [2.45, 2.75) is 0 Å². The summed E-state index contributed by atoms with van der Waals surface area (Å²) in [4.78, 5) is 0. The molecule has 86 heavy (non-hydrogen) atoms. The molecule has 0 aliphatic carbocycles. The van der Waals surface area contributed by atoms with Gasteiger partial charge >= 0.3 is 0 Å². The zero-order valence-corrected chi connectivity index (χ0v) is 44.2. The zero-order chi connectivity index (χ0) is 60.2. The summed E-state index contributed by atoms with van der Waals surface area (Å²) in [7, 11) is 7.15. The van der Waals surface area contributed by atoms with Crippen LogP contribution in [0, 0.1) is 0 Å². The first-order valence-corrected chi connectivity index (χ1v) is 25.8. The van der Waals surface area contributed by atoms with Gasteiger partial charge in [-0.1, -0.05) is 6.07 Å². The fourth-order valence-electron chi connectivity index (χ4n) is 13.9. The first-order valence-electron chi connectivity index (χ1n) is 25.8. The lowest BCUT2D eigenvalue weighted by Crippen LogP contribution is -2.17. The summed E-state index contributed by atoms with van der Waals surface area (Å²) in [6.45, 7) is 0. The van der Waals surface area contributed by atoms with Crippen LogP contribution in [0.2, 0.25) is 0 Å². The summed E-state index contributed by atoms with van der Waals surface area (Å²) in [5.74, 6) is -15.0. The Kier molecular flexibility index (Phi) is 8.33. The van der Waals surface area contributed by atoms with Crippen LogP contribution in [0.15, 0.2) is 51.7 Å². The van der Waals surface area contributed by atoms with Crippen LogP contribution in [0.1, 0.15) is 0 Å². The van der Waals surface area contributed by atoms with Gasteiger partial charge in [0.25, 0.3) is 0 Å². The molecule has 0 saturated carbocycles. The fraction of sp³-hybridized carbons (Fsp3) is 0. The van der Waals surface area contributed by atoms with E-state index in [9.17, 15) is 86.8 Å². The number of hydrogen-bond acceptors (Lipinski definition) is 23. The third-order valence-electron chi connectivity index (χ3n) is 17.7. The maximum Gasteiger partial charge on any atom is 0.250 e. The van der Waals surface area contributed by atoms with Gasteiger partial charge in [-0.05, 0) is 45.5 Å². The van der Waals surface area contributed by atoms with Gasteiger partial charge in [-0.2, -0.15) is 0 Å². The van der Waals surface area contributed by atoms with Crippen LogP contribution in [0.5, 0.6) is 97.7 Å². The van der Waals surface area contributed by atoms with Crippen LogP contribution in [0.4, 0.5) is 0 Å². The van der Waals surface area contributed by atoms with Crippen molar-refractivity contribution < 1.29 is 114 Å². The third-order valence-corrected chi connectivity index (χ3v) is 17.7. The second-order valence-electron chi connectivity index (χ2n) is 21.6. The second kappa shape index (κ2) is 14.7. The molecular formula is C54H31B5N4O23. The molecule has 0 radical (unpaired) electrons.